The topological polar surface area (TPSA) is 60.7 Å². The van der Waals surface area contributed by atoms with E-state index in [0.717, 1.165) is 19.5 Å². The summed E-state index contributed by atoms with van der Waals surface area (Å²) in [4.78, 5) is 11.5. The molecule has 0 saturated heterocycles. The predicted octanol–water partition coefficient (Wildman–Crippen LogP) is 2.40. The molecule has 0 fully saturated rings. The highest BCUT2D eigenvalue weighted by molar-refractivity contribution is 5.91. The normalized spacial score (nSPS) is 11.7. The zero-order valence-corrected chi connectivity index (χ0v) is 12.6. The maximum Gasteiger partial charge on any atom is 0.341 e. The highest BCUT2D eigenvalue weighted by Gasteiger charge is 2.14. The Kier molecular flexibility index (Phi) is 7.04. The monoisotopic (exact) mass is 281 g/mol. The van der Waals surface area contributed by atoms with E-state index in [-0.39, 0.29) is 5.97 Å². The zero-order chi connectivity index (χ0) is 15.0. The van der Waals surface area contributed by atoms with Crippen molar-refractivity contribution in [3.05, 3.63) is 28.7 Å². The van der Waals surface area contributed by atoms with Crippen LogP contribution in [0.15, 0.2) is 16.1 Å². The lowest BCUT2D eigenvalue weighted by atomic mass is 10.1. The van der Waals surface area contributed by atoms with Gasteiger partial charge in [-0.05, 0) is 25.5 Å². The third-order valence-electron chi connectivity index (χ3n) is 2.98. The second-order valence-electron chi connectivity index (χ2n) is 4.44. The summed E-state index contributed by atoms with van der Waals surface area (Å²) in [6.45, 7) is 6.10. The van der Waals surface area contributed by atoms with Crippen molar-refractivity contribution in [1.82, 2.24) is 5.32 Å². The minimum atomic E-state index is -0.373. The molecule has 5 nitrogen and oxygen atoms in total. The number of hydrogen-bond donors (Lipinski definition) is 1. The van der Waals surface area contributed by atoms with Crippen LogP contribution < -0.4 is 5.32 Å². The lowest BCUT2D eigenvalue weighted by molar-refractivity contribution is 0.0599. The van der Waals surface area contributed by atoms with Crippen LogP contribution in [-0.2, 0) is 9.47 Å². The van der Waals surface area contributed by atoms with Crippen LogP contribution in [0.3, 0.4) is 0 Å². The molecular formula is C15H23NO4. The SMILES string of the molecule is CCC(=Cc1cc(C(=O)OC)c(C)o1)CNCCOC. The number of aryl methyl sites for hydroxylation is 1. The minimum Gasteiger partial charge on any atom is -0.465 e. The van der Waals surface area contributed by atoms with Gasteiger partial charge in [0.05, 0.1) is 13.7 Å². The lowest BCUT2D eigenvalue weighted by Gasteiger charge is -2.06. The van der Waals surface area contributed by atoms with E-state index >= 15 is 0 Å². The third kappa shape index (κ3) is 4.83. The fourth-order valence-corrected chi connectivity index (χ4v) is 1.79. The zero-order valence-electron chi connectivity index (χ0n) is 12.6. The Morgan fingerprint density at radius 2 is 2.20 bits per heavy atom. The fraction of sp³-hybridized carbons (Fsp3) is 0.533. The second kappa shape index (κ2) is 8.55. The molecule has 0 aromatic carbocycles. The van der Waals surface area contributed by atoms with E-state index in [9.17, 15) is 4.79 Å². The molecule has 0 radical (unpaired) electrons. The van der Waals surface area contributed by atoms with Crippen molar-refractivity contribution in [2.45, 2.75) is 20.3 Å². The summed E-state index contributed by atoms with van der Waals surface area (Å²) in [7, 11) is 3.04. The van der Waals surface area contributed by atoms with Gasteiger partial charge in [-0.25, -0.2) is 4.79 Å². The van der Waals surface area contributed by atoms with E-state index in [1.165, 1.54) is 12.7 Å². The molecule has 1 aromatic heterocycles. The number of nitrogens with one attached hydrogen (secondary N) is 1. The van der Waals surface area contributed by atoms with E-state index in [4.69, 9.17) is 13.9 Å². The summed E-state index contributed by atoms with van der Waals surface area (Å²) in [6, 6.07) is 1.71. The number of hydrogen-bond acceptors (Lipinski definition) is 5. The Labute approximate surface area is 119 Å². The van der Waals surface area contributed by atoms with Crippen LogP contribution in [0.1, 0.15) is 35.2 Å². The molecule has 1 rings (SSSR count). The second-order valence-corrected chi connectivity index (χ2v) is 4.44. The van der Waals surface area contributed by atoms with Gasteiger partial charge >= 0.3 is 5.97 Å². The Balaban J connectivity index is 2.72. The molecule has 0 aliphatic rings. The molecule has 112 valence electrons. The molecule has 0 aliphatic heterocycles. The minimum absolute atomic E-state index is 0.373. The molecule has 0 unspecified atom stereocenters. The Bertz CT molecular complexity index is 462. The predicted molar refractivity (Wildman–Crippen MR) is 77.8 cm³/mol. The number of esters is 1. The van der Waals surface area contributed by atoms with Gasteiger partial charge in [-0.3, -0.25) is 0 Å². The molecule has 1 aromatic rings. The molecule has 5 heteroatoms. The van der Waals surface area contributed by atoms with E-state index in [1.54, 1.807) is 20.1 Å². The number of furan rings is 1. The first-order valence-electron chi connectivity index (χ1n) is 6.70. The Hall–Kier alpha value is -1.59. The summed E-state index contributed by atoms with van der Waals surface area (Å²) in [5.74, 6) is 0.876. The highest BCUT2D eigenvalue weighted by Crippen LogP contribution is 2.18. The number of rotatable bonds is 8. The number of carbonyl (C=O) groups excluding carboxylic acids is 1. The number of carbonyl (C=O) groups is 1. The van der Waals surface area contributed by atoms with Crippen molar-refractivity contribution in [3.8, 4) is 0 Å². The van der Waals surface area contributed by atoms with Crippen LogP contribution in [0.25, 0.3) is 6.08 Å². The molecule has 1 heterocycles. The van der Waals surface area contributed by atoms with Crippen molar-refractivity contribution >= 4 is 12.0 Å². The van der Waals surface area contributed by atoms with Gasteiger partial charge in [-0.15, -0.1) is 0 Å². The highest BCUT2D eigenvalue weighted by atomic mass is 16.5. The van der Waals surface area contributed by atoms with Crippen molar-refractivity contribution in [2.75, 3.05) is 33.9 Å². The molecular weight excluding hydrogens is 258 g/mol. The van der Waals surface area contributed by atoms with Gasteiger partial charge in [-0.1, -0.05) is 12.5 Å². The summed E-state index contributed by atoms with van der Waals surface area (Å²) < 4.78 is 15.3. The first kappa shape index (κ1) is 16.5. The molecule has 0 atom stereocenters. The molecule has 0 saturated carbocycles. The van der Waals surface area contributed by atoms with Crippen LogP contribution in [0.2, 0.25) is 0 Å². The van der Waals surface area contributed by atoms with Gasteiger partial charge in [0.15, 0.2) is 0 Å². The van der Waals surface area contributed by atoms with Gasteiger partial charge in [0.25, 0.3) is 0 Å². The summed E-state index contributed by atoms with van der Waals surface area (Å²) >= 11 is 0. The van der Waals surface area contributed by atoms with Crippen molar-refractivity contribution in [3.63, 3.8) is 0 Å². The standard InChI is InChI=1S/C15H23NO4/c1-5-12(10-16-6-7-18-3)8-13-9-14(11(2)20-13)15(17)19-4/h8-9,16H,5-7,10H2,1-4H3. The van der Waals surface area contributed by atoms with Gasteiger partial charge < -0.3 is 19.2 Å². The molecule has 0 spiro atoms. The van der Waals surface area contributed by atoms with E-state index < -0.39 is 0 Å². The summed E-state index contributed by atoms with van der Waals surface area (Å²) in [5.41, 5.74) is 1.67. The first-order valence-corrected chi connectivity index (χ1v) is 6.70. The Morgan fingerprint density at radius 1 is 1.45 bits per heavy atom. The van der Waals surface area contributed by atoms with Gasteiger partial charge in [0.1, 0.15) is 17.1 Å². The van der Waals surface area contributed by atoms with Crippen molar-refractivity contribution < 1.29 is 18.7 Å². The van der Waals surface area contributed by atoms with Crippen LogP contribution in [-0.4, -0.2) is 39.9 Å². The largest absolute Gasteiger partial charge is 0.465 e. The van der Waals surface area contributed by atoms with Crippen LogP contribution in [0.5, 0.6) is 0 Å². The molecule has 1 N–H and O–H groups in total. The summed E-state index contributed by atoms with van der Waals surface area (Å²) in [5, 5.41) is 3.29. The van der Waals surface area contributed by atoms with Crippen LogP contribution >= 0.6 is 0 Å². The molecule has 0 aliphatic carbocycles. The number of ether oxygens (including phenoxy) is 2. The van der Waals surface area contributed by atoms with Crippen molar-refractivity contribution in [2.24, 2.45) is 0 Å². The van der Waals surface area contributed by atoms with Gasteiger partial charge in [0, 0.05) is 20.2 Å². The summed E-state index contributed by atoms with van der Waals surface area (Å²) in [6.07, 6.45) is 2.87. The van der Waals surface area contributed by atoms with E-state index in [1.807, 2.05) is 6.08 Å². The van der Waals surface area contributed by atoms with Crippen molar-refractivity contribution in [1.29, 1.82) is 0 Å². The van der Waals surface area contributed by atoms with E-state index in [0.29, 0.717) is 23.7 Å². The maximum atomic E-state index is 11.5. The quantitative estimate of drug-likeness (QED) is 0.585. The average molecular weight is 281 g/mol. The lowest BCUT2D eigenvalue weighted by Crippen LogP contribution is -2.21. The number of methoxy groups -OCH3 is 2. The first-order chi connectivity index (χ1) is 9.62. The smallest absolute Gasteiger partial charge is 0.341 e. The molecule has 0 amide bonds. The van der Waals surface area contributed by atoms with E-state index in [2.05, 4.69) is 12.2 Å². The molecule has 0 bridgehead atoms. The third-order valence-corrected chi connectivity index (χ3v) is 2.98. The van der Waals surface area contributed by atoms with Gasteiger partial charge in [-0.2, -0.15) is 0 Å². The van der Waals surface area contributed by atoms with Gasteiger partial charge in [0.2, 0.25) is 0 Å². The fourth-order valence-electron chi connectivity index (χ4n) is 1.79. The van der Waals surface area contributed by atoms with Crippen LogP contribution in [0.4, 0.5) is 0 Å². The maximum absolute atomic E-state index is 11.5. The average Bonchev–Trinajstić information content (AvgIpc) is 2.82. The molecule has 20 heavy (non-hydrogen) atoms. The Morgan fingerprint density at radius 3 is 2.80 bits per heavy atom. The van der Waals surface area contributed by atoms with Crippen LogP contribution in [0, 0.1) is 6.92 Å².